The molecule has 8 nitrogen and oxygen atoms in total. The Bertz CT molecular complexity index is 733. The van der Waals surface area contributed by atoms with Crippen LogP contribution in [-0.4, -0.2) is 64.3 Å². The Kier molecular flexibility index (Phi) is 5.01. The standard InChI is InChI=1S/C18H27N7O/c1-14-19-17(24-6-4-3-5-7-24)12-18(20-14)25-10-8-23(9-11-25)13-16-21-15(2)26-22-16/h12H,3-11,13H2,1-2H3. The van der Waals surface area contributed by atoms with Gasteiger partial charge >= 0.3 is 0 Å². The van der Waals surface area contributed by atoms with Gasteiger partial charge in [-0.15, -0.1) is 0 Å². The summed E-state index contributed by atoms with van der Waals surface area (Å²) in [4.78, 5) is 20.8. The average Bonchev–Trinajstić information content (AvgIpc) is 3.07. The minimum absolute atomic E-state index is 0.625. The number of hydrogen-bond acceptors (Lipinski definition) is 8. The van der Waals surface area contributed by atoms with Crippen molar-refractivity contribution < 1.29 is 4.52 Å². The van der Waals surface area contributed by atoms with Gasteiger partial charge in [0.1, 0.15) is 17.5 Å². The maximum Gasteiger partial charge on any atom is 0.223 e. The molecule has 0 radical (unpaired) electrons. The molecule has 0 aromatic carbocycles. The summed E-state index contributed by atoms with van der Waals surface area (Å²) in [5.41, 5.74) is 0. The van der Waals surface area contributed by atoms with Crippen LogP contribution in [0.1, 0.15) is 36.8 Å². The number of rotatable bonds is 4. The number of piperazine rings is 1. The van der Waals surface area contributed by atoms with Gasteiger partial charge in [0.25, 0.3) is 0 Å². The predicted molar refractivity (Wildman–Crippen MR) is 99.4 cm³/mol. The van der Waals surface area contributed by atoms with Gasteiger partial charge in [-0.3, -0.25) is 4.90 Å². The second-order valence-corrected chi connectivity index (χ2v) is 7.17. The third-order valence-corrected chi connectivity index (χ3v) is 5.12. The summed E-state index contributed by atoms with van der Waals surface area (Å²) in [5.74, 6) is 4.37. The van der Waals surface area contributed by atoms with Crippen molar-refractivity contribution in [1.29, 1.82) is 0 Å². The zero-order valence-corrected chi connectivity index (χ0v) is 15.7. The number of hydrogen-bond donors (Lipinski definition) is 0. The lowest BCUT2D eigenvalue weighted by molar-refractivity contribution is 0.239. The Morgan fingerprint density at radius 2 is 1.50 bits per heavy atom. The number of piperidine rings is 1. The Labute approximate surface area is 154 Å². The molecule has 4 heterocycles. The molecule has 0 atom stereocenters. The summed E-state index contributed by atoms with van der Waals surface area (Å²) >= 11 is 0. The van der Waals surface area contributed by atoms with Crippen LogP contribution in [0.4, 0.5) is 11.6 Å². The second-order valence-electron chi connectivity index (χ2n) is 7.17. The predicted octanol–water partition coefficient (Wildman–Crippen LogP) is 1.79. The van der Waals surface area contributed by atoms with Gasteiger partial charge < -0.3 is 14.3 Å². The van der Waals surface area contributed by atoms with Gasteiger partial charge in [0.2, 0.25) is 5.89 Å². The van der Waals surface area contributed by atoms with Gasteiger partial charge in [0.05, 0.1) is 6.54 Å². The molecule has 2 aromatic rings. The number of anilines is 2. The van der Waals surface area contributed by atoms with Gasteiger partial charge in [-0.2, -0.15) is 4.98 Å². The highest BCUT2D eigenvalue weighted by Gasteiger charge is 2.21. The maximum absolute atomic E-state index is 5.06. The van der Waals surface area contributed by atoms with E-state index in [9.17, 15) is 0 Å². The molecule has 0 N–H and O–H groups in total. The molecule has 8 heteroatoms. The van der Waals surface area contributed by atoms with Crippen LogP contribution in [0.5, 0.6) is 0 Å². The van der Waals surface area contributed by atoms with Crippen LogP contribution in [0.25, 0.3) is 0 Å². The van der Waals surface area contributed by atoms with Crippen molar-refractivity contribution in [3.63, 3.8) is 0 Å². The Balaban J connectivity index is 1.39. The normalized spacial score (nSPS) is 19.2. The molecule has 2 aliphatic rings. The molecule has 0 saturated carbocycles. The highest BCUT2D eigenvalue weighted by Crippen LogP contribution is 2.23. The molecule has 140 valence electrons. The smallest absolute Gasteiger partial charge is 0.223 e. The molecular weight excluding hydrogens is 330 g/mol. The van der Waals surface area contributed by atoms with Crippen LogP contribution < -0.4 is 9.80 Å². The van der Waals surface area contributed by atoms with E-state index in [0.29, 0.717) is 5.89 Å². The Morgan fingerprint density at radius 3 is 2.12 bits per heavy atom. The first-order valence-electron chi connectivity index (χ1n) is 9.54. The first-order chi connectivity index (χ1) is 12.7. The molecule has 2 fully saturated rings. The summed E-state index contributed by atoms with van der Waals surface area (Å²) in [5, 5.41) is 3.99. The van der Waals surface area contributed by atoms with E-state index in [4.69, 9.17) is 9.51 Å². The number of nitrogens with zero attached hydrogens (tertiary/aromatic N) is 7. The van der Waals surface area contributed by atoms with Crippen LogP contribution in [0.2, 0.25) is 0 Å². The highest BCUT2D eigenvalue weighted by molar-refractivity contribution is 5.51. The van der Waals surface area contributed by atoms with Crippen LogP contribution >= 0.6 is 0 Å². The summed E-state index contributed by atoms with van der Waals surface area (Å²) in [7, 11) is 0. The lowest BCUT2D eigenvalue weighted by atomic mass is 10.1. The first kappa shape index (κ1) is 17.2. The quantitative estimate of drug-likeness (QED) is 0.820. The lowest BCUT2D eigenvalue weighted by Gasteiger charge is -2.35. The topological polar surface area (TPSA) is 74.4 Å². The molecule has 2 aromatic heterocycles. The summed E-state index contributed by atoms with van der Waals surface area (Å²) in [6.07, 6.45) is 3.84. The Hall–Kier alpha value is -2.22. The van der Waals surface area contributed by atoms with Gasteiger partial charge in [-0.25, -0.2) is 9.97 Å². The Morgan fingerprint density at radius 1 is 0.846 bits per heavy atom. The number of aromatic nitrogens is 4. The van der Waals surface area contributed by atoms with Crippen molar-refractivity contribution in [1.82, 2.24) is 25.0 Å². The van der Waals surface area contributed by atoms with Crippen molar-refractivity contribution in [3.8, 4) is 0 Å². The molecule has 0 unspecified atom stereocenters. The van der Waals surface area contributed by atoms with Crippen LogP contribution in [0.15, 0.2) is 10.6 Å². The molecule has 4 rings (SSSR count). The van der Waals surface area contributed by atoms with Crippen LogP contribution in [-0.2, 0) is 6.54 Å². The van der Waals surface area contributed by atoms with Crippen molar-refractivity contribution >= 4 is 11.6 Å². The van der Waals surface area contributed by atoms with Crippen LogP contribution in [0.3, 0.4) is 0 Å². The van der Waals surface area contributed by atoms with E-state index in [-0.39, 0.29) is 0 Å². The molecule has 26 heavy (non-hydrogen) atoms. The van der Waals surface area contributed by atoms with E-state index in [1.54, 1.807) is 0 Å². The maximum atomic E-state index is 5.06. The third-order valence-electron chi connectivity index (χ3n) is 5.12. The van der Waals surface area contributed by atoms with E-state index in [1.165, 1.54) is 19.3 Å². The van der Waals surface area contributed by atoms with E-state index in [0.717, 1.165) is 69.1 Å². The van der Waals surface area contributed by atoms with Crippen LogP contribution in [0, 0.1) is 13.8 Å². The minimum Gasteiger partial charge on any atom is -0.356 e. The monoisotopic (exact) mass is 357 g/mol. The summed E-state index contributed by atoms with van der Waals surface area (Å²) in [6.45, 7) is 10.6. The van der Waals surface area contributed by atoms with E-state index >= 15 is 0 Å². The average molecular weight is 357 g/mol. The second kappa shape index (κ2) is 7.57. The van der Waals surface area contributed by atoms with E-state index in [1.807, 2.05) is 13.8 Å². The summed E-state index contributed by atoms with van der Waals surface area (Å²) in [6, 6.07) is 2.16. The molecular formula is C18H27N7O. The fraction of sp³-hybridized carbons (Fsp3) is 0.667. The van der Waals surface area contributed by atoms with Crippen molar-refractivity contribution in [2.45, 2.75) is 39.7 Å². The van der Waals surface area contributed by atoms with Crippen molar-refractivity contribution in [2.24, 2.45) is 0 Å². The molecule has 2 saturated heterocycles. The van der Waals surface area contributed by atoms with Gasteiger partial charge in [-0.05, 0) is 26.2 Å². The lowest BCUT2D eigenvalue weighted by Crippen LogP contribution is -2.46. The molecule has 0 spiro atoms. The molecule has 0 amide bonds. The fourth-order valence-corrected chi connectivity index (χ4v) is 3.72. The third kappa shape index (κ3) is 3.95. The van der Waals surface area contributed by atoms with E-state index in [2.05, 4.69) is 35.9 Å². The fourth-order valence-electron chi connectivity index (χ4n) is 3.72. The number of aryl methyl sites for hydroxylation is 2. The van der Waals surface area contributed by atoms with E-state index < -0.39 is 0 Å². The molecule has 2 aliphatic heterocycles. The zero-order chi connectivity index (χ0) is 17.9. The SMILES string of the molecule is Cc1nc(N2CCCCC2)cc(N2CCN(Cc3noc(C)n3)CC2)n1. The molecule has 0 aliphatic carbocycles. The summed E-state index contributed by atoms with van der Waals surface area (Å²) < 4.78 is 5.06. The van der Waals surface area contributed by atoms with Crippen molar-refractivity contribution in [3.05, 3.63) is 23.6 Å². The zero-order valence-electron chi connectivity index (χ0n) is 15.7. The largest absolute Gasteiger partial charge is 0.356 e. The van der Waals surface area contributed by atoms with Gasteiger partial charge in [0, 0.05) is 52.3 Å². The highest BCUT2D eigenvalue weighted by atomic mass is 16.5. The minimum atomic E-state index is 0.625. The molecule has 0 bridgehead atoms. The van der Waals surface area contributed by atoms with Gasteiger partial charge in [0.15, 0.2) is 5.82 Å². The van der Waals surface area contributed by atoms with Gasteiger partial charge in [-0.1, -0.05) is 5.16 Å². The first-order valence-corrected chi connectivity index (χ1v) is 9.54. The van der Waals surface area contributed by atoms with Crippen molar-refractivity contribution in [2.75, 3.05) is 49.1 Å².